The number of carbonyl (C=O) groups excluding carboxylic acids is 1. The van der Waals surface area contributed by atoms with Crippen LogP contribution in [0.5, 0.6) is 5.75 Å². The molecule has 3 aromatic rings. The second kappa shape index (κ2) is 8.68. The molecule has 2 aromatic heterocycles. The molecule has 2 aliphatic carbocycles. The highest BCUT2D eigenvalue weighted by atomic mass is 31.2. The van der Waals surface area contributed by atoms with Crippen LogP contribution in [0.2, 0.25) is 0 Å². The van der Waals surface area contributed by atoms with Gasteiger partial charge in [0.05, 0.1) is 29.6 Å². The molecule has 1 amide bonds. The van der Waals surface area contributed by atoms with Crippen LogP contribution in [-0.2, 0) is 11.6 Å². The van der Waals surface area contributed by atoms with Crippen molar-refractivity contribution in [3.8, 4) is 17.0 Å². The van der Waals surface area contributed by atoms with Crippen LogP contribution in [-0.4, -0.2) is 58.4 Å². The Morgan fingerprint density at radius 1 is 1.14 bits per heavy atom. The van der Waals surface area contributed by atoms with E-state index in [0.29, 0.717) is 40.0 Å². The largest absolute Gasteiger partial charge is 0.494 e. The van der Waals surface area contributed by atoms with Gasteiger partial charge in [-0.3, -0.25) is 9.48 Å². The first-order valence-electron chi connectivity index (χ1n) is 11.7. The molecule has 35 heavy (non-hydrogen) atoms. The van der Waals surface area contributed by atoms with Gasteiger partial charge in [-0.15, -0.1) is 10.2 Å². The summed E-state index contributed by atoms with van der Waals surface area (Å²) in [7, 11) is 4.64. The Morgan fingerprint density at radius 3 is 2.40 bits per heavy atom. The quantitative estimate of drug-likeness (QED) is 0.434. The van der Waals surface area contributed by atoms with Gasteiger partial charge < -0.3 is 25.3 Å². The molecular formula is C24H30N7O3P. The van der Waals surface area contributed by atoms with Crippen LogP contribution in [0.3, 0.4) is 0 Å². The Balaban J connectivity index is 1.55. The maximum atomic E-state index is 14.1. The Labute approximate surface area is 204 Å². The van der Waals surface area contributed by atoms with E-state index >= 15 is 0 Å². The van der Waals surface area contributed by atoms with Gasteiger partial charge in [-0.05, 0) is 43.9 Å². The molecular weight excluding hydrogens is 465 g/mol. The lowest BCUT2D eigenvalue weighted by atomic mass is 10.1. The zero-order valence-corrected chi connectivity index (χ0v) is 21.2. The highest BCUT2D eigenvalue weighted by Crippen LogP contribution is 2.69. The van der Waals surface area contributed by atoms with E-state index in [1.807, 2.05) is 45.4 Å². The number of aromatic nitrogens is 4. The standard InChI is InChI=1S/C24H30N7O3P/c1-30(2)20-12-19(22(24(25)32)28-27-20)26-17-7-5-6-16(23(17)34-4)18-13-21(31(3)29-18)35(33,14-8-9-14)15-10-11-15/h5-7,12-15H,8-11H2,1-4H3,(H2,25,32)(H,26,27). The summed E-state index contributed by atoms with van der Waals surface area (Å²) in [6.07, 6.45) is 4.14. The minimum atomic E-state index is -2.48. The normalized spacial score (nSPS) is 15.7. The van der Waals surface area contributed by atoms with Gasteiger partial charge in [0.1, 0.15) is 7.14 Å². The summed E-state index contributed by atoms with van der Waals surface area (Å²) in [5, 5.41) is 16.0. The molecule has 2 saturated carbocycles. The smallest absolute Gasteiger partial charge is 0.271 e. The van der Waals surface area contributed by atoms with Crippen molar-refractivity contribution in [2.75, 3.05) is 31.4 Å². The van der Waals surface area contributed by atoms with E-state index in [9.17, 15) is 9.36 Å². The second-order valence-corrected chi connectivity index (χ2v) is 12.8. The van der Waals surface area contributed by atoms with Crippen LogP contribution >= 0.6 is 7.14 Å². The minimum Gasteiger partial charge on any atom is -0.494 e. The van der Waals surface area contributed by atoms with Crippen molar-refractivity contribution in [2.45, 2.75) is 37.0 Å². The first kappa shape index (κ1) is 23.4. The van der Waals surface area contributed by atoms with E-state index in [0.717, 1.165) is 36.7 Å². The van der Waals surface area contributed by atoms with Gasteiger partial charge in [0.2, 0.25) is 0 Å². The van der Waals surface area contributed by atoms with Gasteiger partial charge >= 0.3 is 0 Å². The number of para-hydroxylation sites is 1. The van der Waals surface area contributed by atoms with Crippen molar-refractivity contribution < 1.29 is 14.1 Å². The summed E-state index contributed by atoms with van der Waals surface area (Å²) < 4.78 is 21.7. The van der Waals surface area contributed by atoms with Gasteiger partial charge in [0.15, 0.2) is 17.3 Å². The topological polar surface area (TPSA) is 128 Å². The highest BCUT2D eigenvalue weighted by molar-refractivity contribution is 7.73. The summed E-state index contributed by atoms with van der Waals surface area (Å²) in [5.41, 5.74) is 9.49. The molecule has 0 saturated heterocycles. The second-order valence-electron chi connectivity index (χ2n) is 9.42. The van der Waals surface area contributed by atoms with Crippen molar-refractivity contribution in [2.24, 2.45) is 12.8 Å². The summed E-state index contributed by atoms with van der Waals surface area (Å²) in [5.74, 6) is 0.423. The SMILES string of the molecule is COc1c(Nc2cc(N(C)C)nnc2C(N)=O)cccc1-c1cc(P(=O)(C2CC2)C2CC2)n(C)n1. The fraction of sp³-hybridized carbons (Fsp3) is 0.417. The van der Waals surface area contributed by atoms with Crippen LogP contribution in [0.25, 0.3) is 11.3 Å². The van der Waals surface area contributed by atoms with Crippen molar-refractivity contribution in [1.82, 2.24) is 20.0 Å². The summed E-state index contributed by atoms with van der Waals surface area (Å²) in [4.78, 5) is 13.8. The summed E-state index contributed by atoms with van der Waals surface area (Å²) in [6, 6.07) is 9.30. The fourth-order valence-corrected chi connectivity index (χ4v) is 8.58. The molecule has 0 atom stereocenters. The molecule has 10 nitrogen and oxygen atoms in total. The number of primary amides is 1. The number of benzene rings is 1. The Bertz CT molecular complexity index is 1330. The fourth-order valence-electron chi connectivity index (χ4n) is 4.58. The van der Waals surface area contributed by atoms with E-state index < -0.39 is 13.0 Å². The van der Waals surface area contributed by atoms with E-state index in [-0.39, 0.29) is 5.69 Å². The lowest BCUT2D eigenvalue weighted by Gasteiger charge is -2.17. The number of ether oxygens (including phenoxy) is 1. The zero-order chi connectivity index (χ0) is 24.9. The third-order valence-electron chi connectivity index (χ3n) is 6.63. The van der Waals surface area contributed by atoms with Gasteiger partial charge in [0.25, 0.3) is 5.91 Å². The monoisotopic (exact) mass is 495 g/mol. The lowest BCUT2D eigenvalue weighted by molar-refractivity contribution is 0.0995. The Morgan fingerprint density at radius 2 is 1.83 bits per heavy atom. The highest BCUT2D eigenvalue weighted by Gasteiger charge is 2.53. The zero-order valence-electron chi connectivity index (χ0n) is 20.4. The van der Waals surface area contributed by atoms with Gasteiger partial charge in [-0.25, -0.2) is 0 Å². The molecule has 0 radical (unpaired) electrons. The summed E-state index contributed by atoms with van der Waals surface area (Å²) >= 11 is 0. The predicted molar refractivity (Wildman–Crippen MR) is 137 cm³/mol. The molecule has 11 heteroatoms. The molecule has 2 aliphatic rings. The molecule has 2 heterocycles. The van der Waals surface area contributed by atoms with E-state index in [1.54, 1.807) is 22.8 Å². The van der Waals surface area contributed by atoms with Gasteiger partial charge in [0, 0.05) is 44.1 Å². The van der Waals surface area contributed by atoms with Crippen LogP contribution in [0.1, 0.15) is 36.2 Å². The third-order valence-corrected chi connectivity index (χ3v) is 11.0. The van der Waals surface area contributed by atoms with E-state index in [2.05, 4.69) is 15.5 Å². The number of nitrogens with one attached hydrogen (secondary N) is 1. The Kier molecular flexibility index (Phi) is 5.79. The van der Waals surface area contributed by atoms with Crippen molar-refractivity contribution >= 4 is 35.7 Å². The van der Waals surface area contributed by atoms with E-state index in [4.69, 9.17) is 15.6 Å². The molecule has 1 aromatic carbocycles. The van der Waals surface area contributed by atoms with Crippen molar-refractivity contribution in [3.63, 3.8) is 0 Å². The van der Waals surface area contributed by atoms with Crippen molar-refractivity contribution in [3.05, 3.63) is 36.0 Å². The lowest BCUT2D eigenvalue weighted by Crippen LogP contribution is -2.20. The molecule has 2 fully saturated rings. The average Bonchev–Trinajstić information content (AvgIpc) is 3.74. The van der Waals surface area contributed by atoms with Gasteiger partial charge in [-0.2, -0.15) is 5.10 Å². The van der Waals surface area contributed by atoms with Crippen LogP contribution < -0.4 is 26.1 Å². The summed E-state index contributed by atoms with van der Waals surface area (Å²) in [6.45, 7) is 0. The molecule has 0 aliphatic heterocycles. The number of nitrogens with zero attached hydrogens (tertiary/aromatic N) is 5. The Hall–Kier alpha value is -3.39. The van der Waals surface area contributed by atoms with Crippen molar-refractivity contribution in [1.29, 1.82) is 0 Å². The third kappa shape index (κ3) is 4.16. The number of hydrogen-bond acceptors (Lipinski definition) is 8. The van der Waals surface area contributed by atoms with Crippen LogP contribution in [0, 0.1) is 0 Å². The number of anilines is 3. The van der Waals surface area contributed by atoms with Gasteiger partial charge in [-0.1, -0.05) is 6.07 Å². The van der Waals surface area contributed by atoms with Crippen LogP contribution in [0.15, 0.2) is 30.3 Å². The maximum Gasteiger partial charge on any atom is 0.271 e. The first-order valence-corrected chi connectivity index (χ1v) is 13.5. The molecule has 184 valence electrons. The number of aryl methyl sites for hydroxylation is 1. The number of hydrogen-bond donors (Lipinski definition) is 2. The number of nitrogens with two attached hydrogens (primary N) is 1. The molecule has 0 unspecified atom stereocenters. The average molecular weight is 496 g/mol. The number of carbonyl (C=O) groups is 1. The minimum absolute atomic E-state index is 0.0259. The molecule has 3 N–H and O–H groups in total. The van der Waals surface area contributed by atoms with Crippen LogP contribution in [0.4, 0.5) is 17.2 Å². The number of amides is 1. The number of methoxy groups -OCH3 is 1. The predicted octanol–water partition coefficient (Wildman–Crippen LogP) is 3.11. The maximum absolute atomic E-state index is 14.1. The molecule has 0 bridgehead atoms. The molecule has 0 spiro atoms. The number of rotatable bonds is 9. The molecule has 5 rings (SSSR count). The first-order chi connectivity index (χ1) is 16.7. The van der Waals surface area contributed by atoms with E-state index in [1.165, 1.54) is 0 Å².